The zero-order valence-electron chi connectivity index (χ0n) is 16.6. The summed E-state index contributed by atoms with van der Waals surface area (Å²) in [6.45, 7) is 3.78. The normalized spacial score (nSPS) is 22.9. The van der Waals surface area contributed by atoms with Gasteiger partial charge in [-0.05, 0) is 48.8 Å². The van der Waals surface area contributed by atoms with Gasteiger partial charge in [-0.3, -0.25) is 0 Å². The number of nitrogens with one attached hydrogen (secondary N) is 2. The van der Waals surface area contributed by atoms with Crippen LogP contribution in [0.4, 0.5) is 10.2 Å². The number of alkyl halides is 1. The number of ether oxygens (including phenoxy) is 1. The summed E-state index contributed by atoms with van der Waals surface area (Å²) in [5.74, 6) is 0.188. The number of aromatic nitrogens is 4. The van der Waals surface area contributed by atoms with Crippen LogP contribution in [0.5, 0.6) is 0 Å². The lowest BCUT2D eigenvalue weighted by molar-refractivity contribution is 0.118. The summed E-state index contributed by atoms with van der Waals surface area (Å²) in [5.41, 5.74) is 3.40. The van der Waals surface area contributed by atoms with Crippen molar-refractivity contribution in [1.82, 2.24) is 19.9 Å². The van der Waals surface area contributed by atoms with E-state index in [1.165, 1.54) is 18.5 Å². The molecule has 0 fully saturated rings. The van der Waals surface area contributed by atoms with Crippen molar-refractivity contribution < 1.29 is 9.13 Å². The van der Waals surface area contributed by atoms with Crippen LogP contribution < -0.4 is 5.32 Å². The molecule has 0 spiro atoms. The van der Waals surface area contributed by atoms with Crippen molar-refractivity contribution in [3.63, 3.8) is 0 Å². The van der Waals surface area contributed by atoms with E-state index < -0.39 is 11.0 Å². The minimum Gasteiger partial charge on any atom is -0.374 e. The van der Waals surface area contributed by atoms with Crippen LogP contribution in [0.15, 0.2) is 53.6 Å². The number of hydrogen-bond acceptors (Lipinski definition) is 5. The maximum atomic E-state index is 14.0. The first-order chi connectivity index (χ1) is 14.3. The van der Waals surface area contributed by atoms with E-state index in [0.29, 0.717) is 27.6 Å². The van der Waals surface area contributed by atoms with Crippen LogP contribution in [0.3, 0.4) is 0 Å². The van der Waals surface area contributed by atoms with Gasteiger partial charge in [0.25, 0.3) is 0 Å². The van der Waals surface area contributed by atoms with Gasteiger partial charge in [0, 0.05) is 12.1 Å². The summed E-state index contributed by atoms with van der Waals surface area (Å²) in [5, 5.41) is 3.80. The van der Waals surface area contributed by atoms with Crippen LogP contribution in [-0.4, -0.2) is 44.1 Å². The zero-order chi connectivity index (χ0) is 21.5. The molecule has 4 rings (SSSR count). The van der Waals surface area contributed by atoms with Crippen molar-refractivity contribution in [2.45, 2.75) is 30.9 Å². The summed E-state index contributed by atoms with van der Waals surface area (Å²) in [6, 6.07) is 5.93. The monoisotopic (exact) mass is 447 g/mol. The molecule has 30 heavy (non-hydrogen) atoms. The highest BCUT2D eigenvalue weighted by molar-refractivity contribution is 6.35. The minimum atomic E-state index is -1.08. The number of imidazole rings is 1. The molecule has 3 aromatic rings. The van der Waals surface area contributed by atoms with Crippen molar-refractivity contribution in [3.8, 4) is 0 Å². The Morgan fingerprint density at radius 3 is 2.83 bits per heavy atom. The van der Waals surface area contributed by atoms with E-state index >= 15 is 0 Å². The molecule has 0 amide bonds. The van der Waals surface area contributed by atoms with Gasteiger partial charge < -0.3 is 15.0 Å². The molecule has 0 saturated heterocycles. The van der Waals surface area contributed by atoms with Crippen molar-refractivity contribution >= 4 is 45.8 Å². The maximum absolute atomic E-state index is 14.0. The number of hydrogen-bond donors (Lipinski definition) is 2. The number of H-pyrrole nitrogens is 1. The van der Waals surface area contributed by atoms with E-state index in [0.717, 1.165) is 11.1 Å². The van der Waals surface area contributed by atoms with Gasteiger partial charge in [0.05, 0.1) is 12.4 Å². The number of rotatable bonds is 5. The van der Waals surface area contributed by atoms with E-state index in [9.17, 15) is 4.39 Å². The predicted molar refractivity (Wildman–Crippen MR) is 117 cm³/mol. The Kier molecular flexibility index (Phi) is 5.53. The van der Waals surface area contributed by atoms with Gasteiger partial charge in [-0.15, -0.1) is 11.6 Å². The Labute approximate surface area is 183 Å². The van der Waals surface area contributed by atoms with Gasteiger partial charge in [-0.1, -0.05) is 23.7 Å². The molecule has 156 valence electrons. The van der Waals surface area contributed by atoms with Crippen molar-refractivity contribution in [1.29, 1.82) is 0 Å². The molecule has 2 aromatic heterocycles. The molecule has 2 heterocycles. The molecule has 6 nitrogen and oxygen atoms in total. The molecule has 0 bridgehead atoms. The number of allylic oxidation sites excluding steroid dienone is 2. The van der Waals surface area contributed by atoms with Crippen LogP contribution in [0.1, 0.15) is 19.4 Å². The Bertz CT molecular complexity index is 1160. The van der Waals surface area contributed by atoms with Gasteiger partial charge in [-0.25, -0.2) is 19.3 Å². The minimum absolute atomic E-state index is 0.346. The molecular weight excluding hydrogens is 428 g/mol. The van der Waals surface area contributed by atoms with Gasteiger partial charge in [-0.2, -0.15) is 0 Å². The molecule has 2 N–H and O–H groups in total. The lowest BCUT2D eigenvalue weighted by Crippen LogP contribution is -2.51. The number of halogens is 3. The smallest absolute Gasteiger partial charge is 0.162 e. The lowest BCUT2D eigenvalue weighted by Gasteiger charge is -2.42. The number of benzene rings is 1. The standard InChI is InChI=1S/C21H20Cl2FN5O/c1-11-15(22)8-21(23,18(30-3)16(11)13-5-4-6-14(24)7-13)12(2)29-20-17-19(26-9-25-17)27-10-28-20/h4-10,12,18H,1-3H3,(H2,25,26,27,28,29). The van der Waals surface area contributed by atoms with Crippen LogP contribution in [0.25, 0.3) is 16.7 Å². The fourth-order valence-electron chi connectivity index (χ4n) is 3.79. The fourth-order valence-corrected chi connectivity index (χ4v) is 4.49. The Morgan fingerprint density at radius 2 is 2.10 bits per heavy atom. The molecule has 0 saturated carbocycles. The van der Waals surface area contributed by atoms with E-state index in [1.54, 1.807) is 25.6 Å². The highest BCUT2D eigenvalue weighted by Gasteiger charge is 2.47. The first-order valence-electron chi connectivity index (χ1n) is 9.33. The fraction of sp³-hybridized carbons (Fsp3) is 0.286. The van der Waals surface area contributed by atoms with Crippen LogP contribution in [0.2, 0.25) is 0 Å². The first-order valence-corrected chi connectivity index (χ1v) is 10.1. The molecule has 1 aliphatic rings. The Hall–Kier alpha value is -2.48. The van der Waals surface area contributed by atoms with Gasteiger partial charge in [0.2, 0.25) is 0 Å². The summed E-state index contributed by atoms with van der Waals surface area (Å²) < 4.78 is 19.8. The Morgan fingerprint density at radius 1 is 1.30 bits per heavy atom. The average molecular weight is 448 g/mol. The number of fused-ring (bicyclic) bond motifs is 1. The number of methoxy groups -OCH3 is 1. The second kappa shape index (κ2) is 7.98. The van der Waals surface area contributed by atoms with E-state index in [-0.39, 0.29) is 11.9 Å². The SMILES string of the molecule is COC1C(c2cccc(F)c2)=C(C)C(Cl)=CC1(Cl)C(C)Nc1ncnc2[nH]cnc12. The topological polar surface area (TPSA) is 75.7 Å². The summed E-state index contributed by atoms with van der Waals surface area (Å²) in [4.78, 5) is 14.6. The molecule has 1 aliphatic carbocycles. The highest BCUT2D eigenvalue weighted by atomic mass is 35.5. The maximum Gasteiger partial charge on any atom is 0.162 e. The van der Waals surface area contributed by atoms with Crippen LogP contribution in [-0.2, 0) is 4.74 Å². The number of aromatic amines is 1. The number of anilines is 1. The van der Waals surface area contributed by atoms with E-state index in [1.807, 2.05) is 19.9 Å². The predicted octanol–water partition coefficient (Wildman–Crippen LogP) is 4.90. The summed E-state index contributed by atoms with van der Waals surface area (Å²) >= 11 is 13.7. The van der Waals surface area contributed by atoms with Crippen molar-refractivity contribution in [2.75, 3.05) is 12.4 Å². The van der Waals surface area contributed by atoms with Gasteiger partial charge in [0.15, 0.2) is 11.5 Å². The third kappa shape index (κ3) is 3.47. The van der Waals surface area contributed by atoms with Crippen molar-refractivity contribution in [2.24, 2.45) is 0 Å². The third-order valence-electron chi connectivity index (χ3n) is 5.38. The lowest BCUT2D eigenvalue weighted by atomic mass is 9.79. The van der Waals surface area contributed by atoms with Crippen LogP contribution >= 0.6 is 23.2 Å². The van der Waals surface area contributed by atoms with Crippen molar-refractivity contribution in [3.05, 3.63) is 65.0 Å². The highest BCUT2D eigenvalue weighted by Crippen LogP contribution is 2.46. The average Bonchev–Trinajstić information content (AvgIpc) is 3.20. The molecular formula is C21H20Cl2FN5O. The second-order valence-electron chi connectivity index (χ2n) is 7.17. The van der Waals surface area contributed by atoms with Gasteiger partial charge >= 0.3 is 0 Å². The third-order valence-corrected chi connectivity index (χ3v) is 6.41. The van der Waals surface area contributed by atoms with Gasteiger partial charge in [0.1, 0.15) is 28.6 Å². The zero-order valence-corrected chi connectivity index (χ0v) is 18.1. The van der Waals surface area contributed by atoms with E-state index in [2.05, 4.69) is 25.3 Å². The molecule has 0 radical (unpaired) electrons. The number of nitrogens with zero attached hydrogens (tertiary/aromatic N) is 3. The molecule has 3 unspecified atom stereocenters. The van der Waals surface area contributed by atoms with E-state index in [4.69, 9.17) is 27.9 Å². The largest absolute Gasteiger partial charge is 0.374 e. The van der Waals surface area contributed by atoms with Crippen LogP contribution in [0, 0.1) is 5.82 Å². The first kappa shape index (κ1) is 20.8. The summed E-state index contributed by atoms with van der Waals surface area (Å²) in [6.07, 6.45) is 4.16. The quantitative estimate of drug-likeness (QED) is 0.544. The molecule has 1 aromatic carbocycles. The molecule has 3 atom stereocenters. The molecule has 9 heteroatoms. The molecule has 0 aliphatic heterocycles. The Balaban J connectivity index is 1.76. The second-order valence-corrected chi connectivity index (χ2v) is 8.23. The summed E-state index contributed by atoms with van der Waals surface area (Å²) in [7, 11) is 1.57.